The second-order valence-corrected chi connectivity index (χ2v) is 8.08. The highest BCUT2D eigenvalue weighted by atomic mass is 35.5. The molecule has 0 radical (unpaired) electrons. The van der Waals surface area contributed by atoms with Crippen LogP contribution in [0, 0.1) is 0 Å². The lowest BCUT2D eigenvalue weighted by Gasteiger charge is -2.31. The molecule has 0 bridgehead atoms. The van der Waals surface area contributed by atoms with E-state index in [-0.39, 0.29) is 24.4 Å². The molecule has 0 aliphatic heterocycles. The van der Waals surface area contributed by atoms with E-state index in [9.17, 15) is 4.79 Å². The van der Waals surface area contributed by atoms with Gasteiger partial charge in [-0.1, -0.05) is 42.5 Å². The summed E-state index contributed by atoms with van der Waals surface area (Å²) in [6, 6.07) is 15.7. The van der Waals surface area contributed by atoms with Gasteiger partial charge in [-0.15, -0.1) is 12.4 Å². The zero-order valence-electron chi connectivity index (χ0n) is 17.0. The quantitative estimate of drug-likeness (QED) is 0.738. The average molecular weight is 404 g/mol. The Hall–Kier alpha value is -2.04. The normalized spacial score (nSPS) is 17.1. The van der Waals surface area contributed by atoms with E-state index in [0.717, 1.165) is 30.6 Å². The van der Waals surface area contributed by atoms with Crippen LogP contribution in [-0.4, -0.2) is 24.7 Å². The molecule has 1 aliphatic rings. The molecule has 152 valence electrons. The van der Waals surface area contributed by atoms with E-state index in [1.807, 2.05) is 63.2 Å². The minimum absolute atomic E-state index is 0. The molecule has 0 fully saturated rings. The molecule has 2 aromatic rings. The summed E-state index contributed by atoms with van der Waals surface area (Å²) in [6.07, 6.45) is 2.77. The van der Waals surface area contributed by atoms with Crippen molar-refractivity contribution in [3.63, 3.8) is 0 Å². The molecule has 0 aromatic heterocycles. The SMILES string of the molecule is COc1cccc2c1CC[C@H](NC(C(=O)OC(C)(C)C)c1ccccc1)C2.Cl. The van der Waals surface area contributed by atoms with Gasteiger partial charge in [0.25, 0.3) is 0 Å². The van der Waals surface area contributed by atoms with Crippen LogP contribution in [0.1, 0.15) is 49.9 Å². The van der Waals surface area contributed by atoms with Crippen molar-refractivity contribution in [1.29, 1.82) is 0 Å². The third-order valence-corrected chi connectivity index (χ3v) is 4.84. The molecular formula is C23H30ClNO3. The predicted molar refractivity (Wildman–Crippen MR) is 114 cm³/mol. The fourth-order valence-electron chi connectivity index (χ4n) is 3.65. The summed E-state index contributed by atoms with van der Waals surface area (Å²) in [7, 11) is 1.72. The van der Waals surface area contributed by atoms with Crippen LogP contribution in [0.25, 0.3) is 0 Å². The molecule has 2 aromatic carbocycles. The molecule has 0 saturated carbocycles. The fraction of sp³-hybridized carbons (Fsp3) is 0.435. The van der Waals surface area contributed by atoms with Gasteiger partial charge in [0, 0.05) is 6.04 Å². The number of ether oxygens (including phenoxy) is 2. The van der Waals surface area contributed by atoms with Crippen LogP contribution in [0.2, 0.25) is 0 Å². The summed E-state index contributed by atoms with van der Waals surface area (Å²) in [5.41, 5.74) is 2.99. The Morgan fingerprint density at radius 1 is 1.11 bits per heavy atom. The van der Waals surface area contributed by atoms with Gasteiger partial charge in [-0.2, -0.15) is 0 Å². The highest BCUT2D eigenvalue weighted by Gasteiger charge is 2.30. The minimum atomic E-state index is -0.516. The van der Waals surface area contributed by atoms with E-state index in [2.05, 4.69) is 11.4 Å². The first kappa shape index (κ1) is 22.3. The lowest BCUT2D eigenvalue weighted by atomic mass is 9.87. The molecular weight excluding hydrogens is 374 g/mol. The van der Waals surface area contributed by atoms with Crippen LogP contribution in [0.5, 0.6) is 5.75 Å². The van der Waals surface area contributed by atoms with Gasteiger partial charge in [0.15, 0.2) is 0 Å². The molecule has 1 unspecified atom stereocenters. The molecule has 3 rings (SSSR count). The van der Waals surface area contributed by atoms with Gasteiger partial charge in [-0.05, 0) is 62.8 Å². The third kappa shape index (κ3) is 5.49. The molecule has 28 heavy (non-hydrogen) atoms. The van der Waals surface area contributed by atoms with Crippen LogP contribution < -0.4 is 10.1 Å². The standard InChI is InChI=1S/C23H29NO3.ClH/c1-23(2,3)27-22(25)21(16-9-6-5-7-10-16)24-18-13-14-19-17(15-18)11-8-12-20(19)26-4;/h5-12,18,21,24H,13-15H2,1-4H3;1H/t18-,21?;/m0./s1. The van der Waals surface area contributed by atoms with Gasteiger partial charge in [-0.25, -0.2) is 4.79 Å². The summed E-state index contributed by atoms with van der Waals surface area (Å²) in [4.78, 5) is 12.9. The maximum atomic E-state index is 12.9. The summed E-state index contributed by atoms with van der Waals surface area (Å²) in [5, 5.41) is 3.56. The van der Waals surface area contributed by atoms with Crippen molar-refractivity contribution >= 4 is 18.4 Å². The number of hydrogen-bond acceptors (Lipinski definition) is 4. The van der Waals surface area contributed by atoms with E-state index in [0.29, 0.717) is 0 Å². The van der Waals surface area contributed by atoms with Crippen molar-refractivity contribution in [3.05, 3.63) is 65.2 Å². The molecule has 0 saturated heterocycles. The predicted octanol–water partition coefficient (Wildman–Crippen LogP) is 4.65. The van der Waals surface area contributed by atoms with E-state index in [1.54, 1.807) is 7.11 Å². The number of fused-ring (bicyclic) bond motifs is 1. The molecule has 2 atom stereocenters. The number of esters is 1. The van der Waals surface area contributed by atoms with Crippen LogP contribution in [0.3, 0.4) is 0 Å². The van der Waals surface area contributed by atoms with Gasteiger partial charge in [0.05, 0.1) is 7.11 Å². The molecule has 5 heteroatoms. The lowest BCUT2D eigenvalue weighted by Crippen LogP contribution is -2.42. The summed E-state index contributed by atoms with van der Waals surface area (Å²) in [5.74, 6) is 0.725. The maximum absolute atomic E-state index is 12.9. The summed E-state index contributed by atoms with van der Waals surface area (Å²) < 4.78 is 11.2. The van der Waals surface area contributed by atoms with Crippen molar-refractivity contribution in [2.75, 3.05) is 7.11 Å². The number of methoxy groups -OCH3 is 1. The van der Waals surface area contributed by atoms with E-state index < -0.39 is 11.6 Å². The Morgan fingerprint density at radius 3 is 2.46 bits per heavy atom. The van der Waals surface area contributed by atoms with Gasteiger partial charge >= 0.3 is 5.97 Å². The molecule has 0 amide bonds. The van der Waals surface area contributed by atoms with Crippen molar-refractivity contribution in [1.82, 2.24) is 5.32 Å². The highest BCUT2D eigenvalue weighted by molar-refractivity contribution is 5.85. The number of carbonyl (C=O) groups excluding carboxylic acids is 1. The number of benzene rings is 2. The Labute approximate surface area is 174 Å². The number of hydrogen-bond donors (Lipinski definition) is 1. The Bertz CT molecular complexity index is 786. The fourth-order valence-corrected chi connectivity index (χ4v) is 3.65. The zero-order valence-corrected chi connectivity index (χ0v) is 17.8. The Balaban J connectivity index is 0.00000280. The number of rotatable bonds is 5. The number of nitrogens with one attached hydrogen (secondary N) is 1. The van der Waals surface area contributed by atoms with Crippen molar-refractivity contribution in [2.45, 2.75) is 57.7 Å². The monoisotopic (exact) mass is 403 g/mol. The van der Waals surface area contributed by atoms with Crippen LogP contribution in [0.15, 0.2) is 48.5 Å². The lowest BCUT2D eigenvalue weighted by molar-refractivity contribution is -0.158. The van der Waals surface area contributed by atoms with Crippen LogP contribution in [0.4, 0.5) is 0 Å². The van der Waals surface area contributed by atoms with Crippen LogP contribution in [-0.2, 0) is 22.4 Å². The summed E-state index contributed by atoms with van der Waals surface area (Å²) >= 11 is 0. The molecule has 1 N–H and O–H groups in total. The number of carbonyl (C=O) groups is 1. The number of halogens is 1. The largest absolute Gasteiger partial charge is 0.496 e. The zero-order chi connectivity index (χ0) is 19.4. The Morgan fingerprint density at radius 2 is 1.82 bits per heavy atom. The smallest absolute Gasteiger partial charge is 0.328 e. The molecule has 0 heterocycles. The van der Waals surface area contributed by atoms with Crippen molar-refractivity contribution in [2.24, 2.45) is 0 Å². The molecule has 0 spiro atoms. The van der Waals surface area contributed by atoms with E-state index in [1.165, 1.54) is 11.1 Å². The van der Waals surface area contributed by atoms with Gasteiger partial charge in [-0.3, -0.25) is 5.32 Å². The maximum Gasteiger partial charge on any atom is 0.328 e. The second-order valence-electron chi connectivity index (χ2n) is 8.08. The second kappa shape index (κ2) is 9.44. The van der Waals surface area contributed by atoms with Crippen molar-refractivity contribution < 1.29 is 14.3 Å². The van der Waals surface area contributed by atoms with E-state index in [4.69, 9.17) is 9.47 Å². The third-order valence-electron chi connectivity index (χ3n) is 4.84. The first-order valence-electron chi connectivity index (χ1n) is 9.56. The van der Waals surface area contributed by atoms with Gasteiger partial charge in [0.1, 0.15) is 17.4 Å². The van der Waals surface area contributed by atoms with Crippen molar-refractivity contribution in [3.8, 4) is 5.75 Å². The summed E-state index contributed by atoms with van der Waals surface area (Å²) in [6.45, 7) is 5.70. The van der Waals surface area contributed by atoms with Crippen LogP contribution >= 0.6 is 12.4 Å². The average Bonchev–Trinajstić information content (AvgIpc) is 2.64. The molecule has 4 nitrogen and oxygen atoms in total. The first-order chi connectivity index (χ1) is 12.9. The first-order valence-corrected chi connectivity index (χ1v) is 9.56. The molecule has 1 aliphatic carbocycles. The topological polar surface area (TPSA) is 47.6 Å². The highest BCUT2D eigenvalue weighted by Crippen LogP contribution is 2.31. The Kier molecular flexibility index (Phi) is 7.50. The van der Waals surface area contributed by atoms with E-state index >= 15 is 0 Å². The van der Waals surface area contributed by atoms with Gasteiger partial charge in [0.2, 0.25) is 0 Å². The van der Waals surface area contributed by atoms with Gasteiger partial charge < -0.3 is 9.47 Å². The minimum Gasteiger partial charge on any atom is -0.496 e.